The first-order valence-corrected chi connectivity index (χ1v) is 9.24. The van der Waals surface area contributed by atoms with Crippen molar-refractivity contribution in [2.75, 3.05) is 0 Å². The van der Waals surface area contributed by atoms with Gasteiger partial charge in [0.05, 0.1) is 17.3 Å². The summed E-state index contributed by atoms with van der Waals surface area (Å²) in [6.07, 6.45) is 11.5. The van der Waals surface area contributed by atoms with Crippen molar-refractivity contribution in [1.82, 2.24) is 4.98 Å². The van der Waals surface area contributed by atoms with Gasteiger partial charge in [0.15, 0.2) is 0 Å². The van der Waals surface area contributed by atoms with Gasteiger partial charge in [0, 0.05) is 11.8 Å². The van der Waals surface area contributed by atoms with E-state index in [1.807, 2.05) is 30.5 Å². The SMILES string of the molecule is CC[C@H]1CC[C@H](CCc2ccc(-c3ccc(C#N)cc3)nc2)CC1. The van der Waals surface area contributed by atoms with Gasteiger partial charge in [-0.15, -0.1) is 0 Å². The van der Waals surface area contributed by atoms with Gasteiger partial charge in [-0.25, -0.2) is 0 Å². The molecular formula is C22H26N2. The van der Waals surface area contributed by atoms with E-state index >= 15 is 0 Å². The fraction of sp³-hybridized carbons (Fsp3) is 0.455. The third kappa shape index (κ3) is 4.23. The van der Waals surface area contributed by atoms with Crippen molar-refractivity contribution in [1.29, 1.82) is 5.26 Å². The molecule has 1 aromatic carbocycles. The van der Waals surface area contributed by atoms with E-state index in [-0.39, 0.29) is 0 Å². The van der Waals surface area contributed by atoms with E-state index in [2.05, 4.69) is 30.1 Å². The lowest BCUT2D eigenvalue weighted by Gasteiger charge is -2.27. The van der Waals surface area contributed by atoms with Crippen molar-refractivity contribution >= 4 is 0 Å². The van der Waals surface area contributed by atoms with E-state index < -0.39 is 0 Å². The number of pyridine rings is 1. The number of hydrogen-bond donors (Lipinski definition) is 0. The Hall–Kier alpha value is -2.14. The highest BCUT2D eigenvalue weighted by atomic mass is 14.7. The zero-order chi connectivity index (χ0) is 16.8. The predicted octanol–water partition coefficient (Wildman–Crippen LogP) is 5.77. The Morgan fingerprint density at radius 3 is 2.29 bits per heavy atom. The molecule has 0 spiro atoms. The summed E-state index contributed by atoms with van der Waals surface area (Å²) >= 11 is 0. The average Bonchev–Trinajstić information content (AvgIpc) is 2.67. The molecule has 0 saturated heterocycles. The summed E-state index contributed by atoms with van der Waals surface area (Å²) in [6, 6.07) is 14.1. The summed E-state index contributed by atoms with van der Waals surface area (Å²) in [5.41, 5.74) is 4.07. The Labute approximate surface area is 145 Å². The minimum Gasteiger partial charge on any atom is -0.256 e. The van der Waals surface area contributed by atoms with Crippen LogP contribution < -0.4 is 0 Å². The lowest BCUT2D eigenvalue weighted by Crippen LogP contribution is -2.14. The second-order valence-electron chi connectivity index (χ2n) is 7.07. The van der Waals surface area contributed by atoms with Crippen LogP contribution in [0.5, 0.6) is 0 Å². The van der Waals surface area contributed by atoms with Crippen LogP contribution in [0.1, 0.15) is 56.6 Å². The molecule has 3 rings (SSSR count). The Kier molecular flexibility index (Phi) is 5.64. The molecule has 0 N–H and O–H groups in total. The molecule has 2 nitrogen and oxygen atoms in total. The molecule has 0 amide bonds. The third-order valence-corrected chi connectivity index (χ3v) is 5.52. The zero-order valence-electron chi connectivity index (χ0n) is 14.5. The van der Waals surface area contributed by atoms with Crippen molar-refractivity contribution in [3.63, 3.8) is 0 Å². The van der Waals surface area contributed by atoms with E-state index in [9.17, 15) is 0 Å². The van der Waals surface area contributed by atoms with Gasteiger partial charge < -0.3 is 0 Å². The van der Waals surface area contributed by atoms with Gasteiger partial charge in [-0.1, -0.05) is 57.2 Å². The van der Waals surface area contributed by atoms with Crippen LogP contribution in [0, 0.1) is 23.2 Å². The number of aryl methyl sites for hydroxylation is 1. The summed E-state index contributed by atoms with van der Waals surface area (Å²) in [5, 5.41) is 8.86. The second kappa shape index (κ2) is 8.11. The molecular weight excluding hydrogens is 292 g/mol. The molecule has 1 heterocycles. The first kappa shape index (κ1) is 16.7. The number of aromatic nitrogens is 1. The molecule has 1 aliphatic rings. The fourth-order valence-corrected chi connectivity index (χ4v) is 3.76. The van der Waals surface area contributed by atoms with Crippen LogP contribution in [0.4, 0.5) is 0 Å². The number of rotatable bonds is 5. The summed E-state index contributed by atoms with van der Waals surface area (Å²) in [7, 11) is 0. The largest absolute Gasteiger partial charge is 0.256 e. The normalized spacial score (nSPS) is 20.5. The van der Waals surface area contributed by atoms with Crippen molar-refractivity contribution < 1.29 is 0 Å². The lowest BCUT2D eigenvalue weighted by atomic mass is 9.79. The molecule has 0 atom stereocenters. The minimum absolute atomic E-state index is 0.688. The minimum atomic E-state index is 0.688. The van der Waals surface area contributed by atoms with Crippen LogP contribution in [0.2, 0.25) is 0 Å². The standard InChI is InChI=1S/C22H26N2/c1-2-17-3-5-18(6-4-17)7-8-20-11-14-22(24-16-20)21-12-9-19(15-23)10-13-21/h9-14,16-18H,2-8H2,1H3/t17-,18-. The average molecular weight is 318 g/mol. The van der Waals surface area contributed by atoms with E-state index in [0.29, 0.717) is 5.56 Å². The van der Waals surface area contributed by atoms with Crippen molar-refractivity contribution in [3.8, 4) is 17.3 Å². The molecule has 0 aliphatic heterocycles. The van der Waals surface area contributed by atoms with Gasteiger partial charge in [-0.2, -0.15) is 5.26 Å². The highest BCUT2D eigenvalue weighted by Crippen LogP contribution is 2.33. The Morgan fingerprint density at radius 2 is 1.71 bits per heavy atom. The van der Waals surface area contributed by atoms with Gasteiger partial charge in [0.1, 0.15) is 0 Å². The van der Waals surface area contributed by atoms with Gasteiger partial charge in [0.2, 0.25) is 0 Å². The first-order valence-electron chi connectivity index (χ1n) is 9.24. The van der Waals surface area contributed by atoms with Crippen LogP contribution in [0.15, 0.2) is 42.6 Å². The van der Waals surface area contributed by atoms with Gasteiger partial charge >= 0.3 is 0 Å². The van der Waals surface area contributed by atoms with Gasteiger partial charge in [-0.05, 0) is 48.4 Å². The topological polar surface area (TPSA) is 36.7 Å². The number of nitrogens with zero attached hydrogens (tertiary/aromatic N) is 2. The predicted molar refractivity (Wildman–Crippen MR) is 98.4 cm³/mol. The maximum absolute atomic E-state index is 8.86. The van der Waals surface area contributed by atoms with Crippen LogP contribution in [0.25, 0.3) is 11.3 Å². The van der Waals surface area contributed by atoms with Crippen LogP contribution >= 0.6 is 0 Å². The molecule has 124 valence electrons. The monoisotopic (exact) mass is 318 g/mol. The summed E-state index contributed by atoms with van der Waals surface area (Å²) in [6.45, 7) is 2.33. The molecule has 1 aromatic heterocycles. The number of nitriles is 1. The molecule has 24 heavy (non-hydrogen) atoms. The first-order chi connectivity index (χ1) is 11.8. The smallest absolute Gasteiger partial charge is 0.0991 e. The van der Waals surface area contributed by atoms with Crippen LogP contribution in [-0.2, 0) is 6.42 Å². The quantitative estimate of drug-likeness (QED) is 0.701. The molecule has 1 aliphatic carbocycles. The molecule has 0 bridgehead atoms. The second-order valence-corrected chi connectivity index (χ2v) is 7.07. The van der Waals surface area contributed by atoms with E-state index in [1.165, 1.54) is 44.1 Å². The maximum atomic E-state index is 8.86. The molecule has 2 aromatic rings. The van der Waals surface area contributed by atoms with E-state index in [0.717, 1.165) is 29.5 Å². The Morgan fingerprint density at radius 1 is 1.00 bits per heavy atom. The third-order valence-electron chi connectivity index (χ3n) is 5.52. The lowest BCUT2D eigenvalue weighted by molar-refractivity contribution is 0.259. The van der Waals surface area contributed by atoms with E-state index in [1.54, 1.807) is 0 Å². The van der Waals surface area contributed by atoms with E-state index in [4.69, 9.17) is 5.26 Å². The zero-order valence-corrected chi connectivity index (χ0v) is 14.5. The highest BCUT2D eigenvalue weighted by molar-refractivity contribution is 5.60. The van der Waals surface area contributed by atoms with Gasteiger partial charge in [0.25, 0.3) is 0 Å². The fourth-order valence-electron chi connectivity index (χ4n) is 3.76. The van der Waals surface area contributed by atoms with Crippen molar-refractivity contribution in [3.05, 3.63) is 53.7 Å². The maximum Gasteiger partial charge on any atom is 0.0991 e. The number of benzene rings is 1. The summed E-state index contributed by atoms with van der Waals surface area (Å²) in [5.74, 6) is 1.89. The van der Waals surface area contributed by atoms with Crippen molar-refractivity contribution in [2.24, 2.45) is 11.8 Å². The number of hydrogen-bond acceptors (Lipinski definition) is 2. The molecule has 1 saturated carbocycles. The highest BCUT2D eigenvalue weighted by Gasteiger charge is 2.19. The summed E-state index contributed by atoms with van der Waals surface area (Å²) in [4.78, 5) is 4.61. The molecule has 2 heteroatoms. The Balaban J connectivity index is 1.54. The van der Waals surface area contributed by atoms with Crippen LogP contribution in [-0.4, -0.2) is 4.98 Å². The van der Waals surface area contributed by atoms with Gasteiger partial charge in [-0.3, -0.25) is 4.98 Å². The molecule has 0 unspecified atom stereocenters. The molecule has 0 radical (unpaired) electrons. The summed E-state index contributed by atoms with van der Waals surface area (Å²) < 4.78 is 0. The van der Waals surface area contributed by atoms with Crippen molar-refractivity contribution in [2.45, 2.75) is 51.9 Å². The molecule has 1 fully saturated rings. The van der Waals surface area contributed by atoms with Crippen LogP contribution in [0.3, 0.4) is 0 Å². The Bertz CT molecular complexity index is 671.